The minimum atomic E-state index is -0.858. The molecule has 0 aliphatic heterocycles. The van der Waals surface area contributed by atoms with Crippen molar-refractivity contribution in [3.05, 3.63) is 65.7 Å². The van der Waals surface area contributed by atoms with E-state index in [0.29, 0.717) is 16.8 Å². The van der Waals surface area contributed by atoms with E-state index in [4.69, 9.17) is 4.74 Å². The highest BCUT2D eigenvalue weighted by Crippen LogP contribution is 2.23. The average molecular weight is 340 g/mol. The van der Waals surface area contributed by atoms with Gasteiger partial charge in [0.2, 0.25) is 5.91 Å². The molecular formula is C19H20N2O4. The zero-order chi connectivity index (χ0) is 18.4. The van der Waals surface area contributed by atoms with Crippen molar-refractivity contribution in [2.45, 2.75) is 13.0 Å². The number of amides is 2. The third kappa shape index (κ3) is 4.44. The molecule has 0 spiro atoms. The third-order valence-electron chi connectivity index (χ3n) is 3.68. The number of esters is 1. The highest BCUT2D eigenvalue weighted by atomic mass is 16.5. The molecule has 0 bridgehead atoms. The molecule has 0 heterocycles. The molecule has 130 valence electrons. The molecule has 0 saturated carbocycles. The second kappa shape index (κ2) is 8.10. The first kappa shape index (κ1) is 18.2. The smallest absolute Gasteiger partial charge is 0.333 e. The summed E-state index contributed by atoms with van der Waals surface area (Å²) < 4.78 is 4.86. The maximum atomic E-state index is 12.8. The molecule has 6 heteroatoms. The van der Waals surface area contributed by atoms with Gasteiger partial charge in [0.05, 0.1) is 7.11 Å². The third-order valence-corrected chi connectivity index (χ3v) is 3.68. The molecule has 0 aliphatic carbocycles. The quantitative estimate of drug-likeness (QED) is 0.849. The molecule has 2 aromatic rings. The zero-order valence-electron chi connectivity index (χ0n) is 14.4. The molecule has 0 unspecified atom stereocenters. The fraction of sp³-hybridized carbons (Fsp3) is 0.211. The number of anilines is 1. The van der Waals surface area contributed by atoms with Crippen LogP contribution >= 0.6 is 0 Å². The Hall–Kier alpha value is -3.15. The van der Waals surface area contributed by atoms with Crippen LogP contribution in [-0.4, -0.2) is 36.8 Å². The molecule has 0 aromatic heterocycles. The molecule has 2 amide bonds. The van der Waals surface area contributed by atoms with Gasteiger partial charge < -0.3 is 15.0 Å². The zero-order valence-corrected chi connectivity index (χ0v) is 14.4. The van der Waals surface area contributed by atoms with E-state index in [-0.39, 0.29) is 11.8 Å². The average Bonchev–Trinajstić information content (AvgIpc) is 2.61. The van der Waals surface area contributed by atoms with Gasteiger partial charge in [-0.25, -0.2) is 4.79 Å². The van der Waals surface area contributed by atoms with Crippen LogP contribution in [0.25, 0.3) is 0 Å². The number of carbonyl (C=O) groups excluding carboxylic acids is 3. The Morgan fingerprint density at radius 1 is 1.04 bits per heavy atom. The van der Waals surface area contributed by atoms with E-state index in [2.05, 4.69) is 5.32 Å². The van der Waals surface area contributed by atoms with E-state index in [0.717, 1.165) is 0 Å². The van der Waals surface area contributed by atoms with Gasteiger partial charge in [-0.15, -0.1) is 0 Å². The summed E-state index contributed by atoms with van der Waals surface area (Å²) in [6.07, 6.45) is 0. The Labute approximate surface area is 146 Å². The summed E-state index contributed by atoms with van der Waals surface area (Å²) in [7, 11) is 2.83. The maximum absolute atomic E-state index is 12.8. The Morgan fingerprint density at radius 2 is 1.72 bits per heavy atom. The molecule has 0 aliphatic rings. The summed E-state index contributed by atoms with van der Waals surface area (Å²) in [6.45, 7) is 1.39. The number of carbonyl (C=O) groups is 3. The molecule has 0 radical (unpaired) electrons. The number of nitrogens with one attached hydrogen (secondary N) is 1. The summed E-state index contributed by atoms with van der Waals surface area (Å²) in [5, 5.41) is 2.63. The van der Waals surface area contributed by atoms with Crippen molar-refractivity contribution in [1.29, 1.82) is 0 Å². The normalized spacial score (nSPS) is 11.3. The van der Waals surface area contributed by atoms with Gasteiger partial charge in [-0.3, -0.25) is 9.59 Å². The van der Waals surface area contributed by atoms with Crippen LogP contribution in [0.4, 0.5) is 5.69 Å². The Kier molecular flexibility index (Phi) is 5.89. The minimum absolute atomic E-state index is 0.227. The van der Waals surface area contributed by atoms with Crippen molar-refractivity contribution in [2.24, 2.45) is 0 Å². The number of nitrogens with zero attached hydrogens (tertiary/aromatic N) is 1. The molecule has 0 fully saturated rings. The largest absolute Gasteiger partial charge is 0.467 e. The van der Waals surface area contributed by atoms with Crippen molar-refractivity contribution in [3.8, 4) is 0 Å². The number of hydrogen-bond donors (Lipinski definition) is 1. The van der Waals surface area contributed by atoms with Gasteiger partial charge in [-0.2, -0.15) is 0 Å². The number of benzene rings is 2. The molecule has 1 N–H and O–H groups in total. The van der Waals surface area contributed by atoms with Gasteiger partial charge in [-0.1, -0.05) is 36.4 Å². The summed E-state index contributed by atoms with van der Waals surface area (Å²) in [5.41, 5.74) is 1.53. The van der Waals surface area contributed by atoms with E-state index >= 15 is 0 Å². The Morgan fingerprint density at radius 3 is 2.32 bits per heavy atom. The predicted octanol–water partition coefficient (Wildman–Crippen LogP) is 2.63. The SMILES string of the molecule is COC(=O)[C@H](c1ccccc1)N(C)C(=O)c1cccc(NC(C)=O)c1. The monoisotopic (exact) mass is 340 g/mol. The van der Waals surface area contributed by atoms with Crippen LogP contribution in [0.1, 0.15) is 28.9 Å². The summed E-state index contributed by atoms with van der Waals surface area (Å²) in [6, 6.07) is 14.6. The fourth-order valence-corrected chi connectivity index (χ4v) is 2.52. The summed E-state index contributed by atoms with van der Waals surface area (Å²) >= 11 is 0. The predicted molar refractivity (Wildman–Crippen MR) is 94.0 cm³/mol. The summed E-state index contributed by atoms with van der Waals surface area (Å²) in [5.74, 6) is -1.11. The lowest BCUT2D eigenvalue weighted by Crippen LogP contribution is -2.36. The molecule has 6 nitrogen and oxygen atoms in total. The van der Waals surface area contributed by atoms with Gasteiger partial charge in [0.25, 0.3) is 5.91 Å². The minimum Gasteiger partial charge on any atom is -0.467 e. The van der Waals surface area contributed by atoms with Crippen molar-refractivity contribution < 1.29 is 19.1 Å². The van der Waals surface area contributed by atoms with Crippen LogP contribution in [-0.2, 0) is 14.3 Å². The number of rotatable bonds is 5. The standard InChI is InChI=1S/C19H20N2O4/c1-13(22)20-16-11-7-10-15(12-16)18(23)21(2)17(19(24)25-3)14-8-5-4-6-9-14/h4-12,17H,1-3H3,(H,20,22)/t17-/m0/s1. The Bertz CT molecular complexity index is 774. The lowest BCUT2D eigenvalue weighted by Gasteiger charge is -2.26. The highest BCUT2D eigenvalue weighted by Gasteiger charge is 2.30. The first-order chi connectivity index (χ1) is 11.9. The molecule has 2 aromatic carbocycles. The number of hydrogen-bond acceptors (Lipinski definition) is 4. The lowest BCUT2D eigenvalue weighted by molar-refractivity contribution is -0.145. The van der Waals surface area contributed by atoms with Gasteiger partial charge >= 0.3 is 5.97 Å². The second-order valence-corrected chi connectivity index (χ2v) is 5.51. The van der Waals surface area contributed by atoms with Crippen molar-refractivity contribution in [3.63, 3.8) is 0 Å². The van der Waals surface area contributed by atoms with Gasteiger partial charge in [0.15, 0.2) is 6.04 Å². The summed E-state index contributed by atoms with van der Waals surface area (Å²) in [4.78, 5) is 37.6. The lowest BCUT2D eigenvalue weighted by atomic mass is 10.0. The van der Waals surface area contributed by atoms with Crippen LogP contribution in [0, 0.1) is 0 Å². The molecule has 25 heavy (non-hydrogen) atoms. The molecular weight excluding hydrogens is 320 g/mol. The van der Waals surface area contributed by atoms with E-state index in [1.54, 1.807) is 55.6 Å². The van der Waals surface area contributed by atoms with E-state index in [9.17, 15) is 14.4 Å². The van der Waals surface area contributed by atoms with Crippen LogP contribution in [0.5, 0.6) is 0 Å². The first-order valence-electron chi connectivity index (χ1n) is 7.71. The first-order valence-corrected chi connectivity index (χ1v) is 7.71. The van der Waals surface area contributed by atoms with E-state index in [1.807, 2.05) is 6.07 Å². The number of likely N-dealkylation sites (N-methyl/N-ethyl adjacent to an activating group) is 1. The van der Waals surface area contributed by atoms with E-state index < -0.39 is 12.0 Å². The van der Waals surface area contributed by atoms with Gasteiger partial charge in [0, 0.05) is 25.2 Å². The van der Waals surface area contributed by atoms with Crippen LogP contribution in [0.3, 0.4) is 0 Å². The van der Waals surface area contributed by atoms with Crippen LogP contribution < -0.4 is 5.32 Å². The topological polar surface area (TPSA) is 75.7 Å². The number of ether oxygens (including phenoxy) is 1. The van der Waals surface area contributed by atoms with Crippen molar-refractivity contribution >= 4 is 23.5 Å². The second-order valence-electron chi connectivity index (χ2n) is 5.51. The maximum Gasteiger partial charge on any atom is 0.333 e. The van der Waals surface area contributed by atoms with Crippen LogP contribution in [0.15, 0.2) is 54.6 Å². The highest BCUT2D eigenvalue weighted by molar-refractivity contribution is 5.98. The van der Waals surface area contributed by atoms with Gasteiger partial charge in [-0.05, 0) is 23.8 Å². The van der Waals surface area contributed by atoms with Gasteiger partial charge in [0.1, 0.15) is 0 Å². The van der Waals surface area contributed by atoms with E-state index in [1.165, 1.54) is 18.9 Å². The van der Waals surface area contributed by atoms with Crippen LogP contribution in [0.2, 0.25) is 0 Å². The number of methoxy groups -OCH3 is 1. The Balaban J connectivity index is 2.32. The molecule has 1 atom stereocenters. The molecule has 0 saturated heterocycles. The molecule has 2 rings (SSSR count). The van der Waals surface area contributed by atoms with Crippen molar-refractivity contribution in [2.75, 3.05) is 19.5 Å². The fourth-order valence-electron chi connectivity index (χ4n) is 2.52. The van der Waals surface area contributed by atoms with Crippen molar-refractivity contribution in [1.82, 2.24) is 4.90 Å².